The SMILES string of the molecule is CCOC1=NOC2(C1)C[C@H]1CC[C@@H](C2)[N+]1(C)C.[I-]. The number of hydrogen-bond donors (Lipinski definition) is 0. The maximum Gasteiger partial charge on any atom is 0.229 e. The molecule has 0 aromatic heterocycles. The van der Waals surface area contributed by atoms with Crippen molar-refractivity contribution in [1.82, 2.24) is 0 Å². The van der Waals surface area contributed by atoms with Crippen LogP contribution in [0.25, 0.3) is 0 Å². The zero-order chi connectivity index (χ0) is 12.1. The lowest BCUT2D eigenvalue weighted by molar-refractivity contribution is -0.932. The van der Waals surface area contributed by atoms with Crippen molar-refractivity contribution in [3.05, 3.63) is 0 Å². The van der Waals surface area contributed by atoms with Crippen LogP contribution in [-0.2, 0) is 9.57 Å². The molecule has 2 saturated heterocycles. The third kappa shape index (κ3) is 2.13. The average molecular weight is 366 g/mol. The van der Waals surface area contributed by atoms with Gasteiger partial charge in [0.2, 0.25) is 5.90 Å². The zero-order valence-corrected chi connectivity index (χ0v) is 13.6. The minimum Gasteiger partial charge on any atom is -1.00 e. The van der Waals surface area contributed by atoms with Crippen LogP contribution in [0, 0.1) is 0 Å². The minimum atomic E-state index is -0.0376. The smallest absolute Gasteiger partial charge is 0.229 e. The molecule has 3 aliphatic rings. The van der Waals surface area contributed by atoms with Crippen LogP contribution in [-0.4, -0.2) is 48.8 Å². The second kappa shape index (κ2) is 4.81. The molecule has 3 heterocycles. The molecule has 0 aromatic rings. The van der Waals surface area contributed by atoms with Gasteiger partial charge < -0.3 is 38.0 Å². The Kier molecular flexibility index (Phi) is 3.84. The van der Waals surface area contributed by atoms with E-state index in [2.05, 4.69) is 19.3 Å². The van der Waals surface area contributed by atoms with Crippen molar-refractivity contribution in [3.63, 3.8) is 0 Å². The number of nitrogens with zero attached hydrogens (tertiary/aromatic N) is 2. The van der Waals surface area contributed by atoms with Crippen molar-refractivity contribution in [2.75, 3.05) is 20.7 Å². The highest BCUT2D eigenvalue weighted by atomic mass is 127. The van der Waals surface area contributed by atoms with Gasteiger partial charge in [-0.05, 0) is 6.92 Å². The number of oxime groups is 1. The van der Waals surface area contributed by atoms with Crippen molar-refractivity contribution in [3.8, 4) is 0 Å². The molecule has 1 spiro atoms. The summed E-state index contributed by atoms with van der Waals surface area (Å²) in [5, 5.41) is 4.13. The number of ether oxygens (including phenoxy) is 1. The van der Waals surface area contributed by atoms with Gasteiger partial charge in [0.05, 0.1) is 39.2 Å². The van der Waals surface area contributed by atoms with E-state index >= 15 is 0 Å². The minimum absolute atomic E-state index is 0. The van der Waals surface area contributed by atoms with Crippen molar-refractivity contribution >= 4 is 5.90 Å². The standard InChI is InChI=1S/C13H23N2O2.HI/c1-4-16-12-9-13(17-14-12)7-10-5-6-11(8-13)15(10,2)3;/h10-11H,4-9H2,1-3H3;1H/q+1;/p-1/t10-,11+,13?;. The van der Waals surface area contributed by atoms with Gasteiger partial charge >= 0.3 is 0 Å². The summed E-state index contributed by atoms with van der Waals surface area (Å²) in [6.45, 7) is 2.69. The maximum atomic E-state index is 5.77. The van der Waals surface area contributed by atoms with Crippen LogP contribution < -0.4 is 24.0 Å². The lowest BCUT2D eigenvalue weighted by Gasteiger charge is -2.47. The van der Waals surface area contributed by atoms with Gasteiger partial charge in [-0.2, -0.15) is 0 Å². The molecule has 5 heteroatoms. The summed E-state index contributed by atoms with van der Waals surface area (Å²) in [5.74, 6) is 0.805. The van der Waals surface area contributed by atoms with Crippen LogP contribution in [0.2, 0.25) is 0 Å². The van der Waals surface area contributed by atoms with Gasteiger partial charge in [0.1, 0.15) is 0 Å². The highest BCUT2D eigenvalue weighted by Crippen LogP contribution is 2.48. The van der Waals surface area contributed by atoms with Crippen LogP contribution in [0.5, 0.6) is 0 Å². The molecule has 0 radical (unpaired) electrons. The Bertz CT molecular complexity index is 341. The van der Waals surface area contributed by atoms with Gasteiger partial charge in [0, 0.05) is 25.7 Å². The van der Waals surface area contributed by atoms with E-state index in [9.17, 15) is 0 Å². The molecule has 0 amide bonds. The van der Waals surface area contributed by atoms with Crippen LogP contribution in [0.3, 0.4) is 0 Å². The predicted molar refractivity (Wildman–Crippen MR) is 65.6 cm³/mol. The summed E-state index contributed by atoms with van der Waals surface area (Å²) in [6, 6.07) is 1.48. The fraction of sp³-hybridized carbons (Fsp3) is 0.923. The largest absolute Gasteiger partial charge is 1.00 e. The molecule has 3 atom stereocenters. The van der Waals surface area contributed by atoms with E-state index < -0.39 is 0 Å². The number of fused-ring (bicyclic) bond motifs is 2. The first-order chi connectivity index (χ1) is 8.06. The van der Waals surface area contributed by atoms with E-state index in [1.54, 1.807) is 0 Å². The summed E-state index contributed by atoms with van der Waals surface area (Å²) in [4.78, 5) is 5.77. The summed E-state index contributed by atoms with van der Waals surface area (Å²) in [5.41, 5.74) is -0.0376. The Hall–Kier alpha value is -0.0400. The van der Waals surface area contributed by atoms with Gasteiger partial charge in [0.25, 0.3) is 0 Å². The quantitative estimate of drug-likeness (QED) is 0.436. The second-order valence-corrected chi connectivity index (χ2v) is 6.29. The third-order valence-corrected chi connectivity index (χ3v) is 5.06. The first kappa shape index (κ1) is 14.4. The summed E-state index contributed by atoms with van der Waals surface area (Å²) in [6.07, 6.45) is 5.83. The second-order valence-electron chi connectivity index (χ2n) is 6.29. The molecule has 2 fully saturated rings. The zero-order valence-electron chi connectivity index (χ0n) is 11.5. The summed E-state index contributed by atoms with van der Waals surface area (Å²) >= 11 is 0. The van der Waals surface area contributed by atoms with Crippen LogP contribution in [0.1, 0.15) is 39.0 Å². The Balaban J connectivity index is 0.00000120. The fourth-order valence-electron chi connectivity index (χ4n) is 3.92. The van der Waals surface area contributed by atoms with Gasteiger partial charge in [-0.15, -0.1) is 0 Å². The molecule has 2 bridgehead atoms. The molecule has 0 aliphatic carbocycles. The Morgan fingerprint density at radius 3 is 2.50 bits per heavy atom. The Labute approximate surface area is 126 Å². The molecule has 0 saturated carbocycles. The molecule has 0 aromatic carbocycles. The highest BCUT2D eigenvalue weighted by molar-refractivity contribution is 5.78. The summed E-state index contributed by atoms with van der Waals surface area (Å²) < 4.78 is 6.67. The number of halogens is 1. The Morgan fingerprint density at radius 1 is 1.33 bits per heavy atom. The number of piperidine rings is 1. The van der Waals surface area contributed by atoms with Gasteiger partial charge in [0.15, 0.2) is 5.60 Å². The lowest BCUT2D eigenvalue weighted by atomic mass is 9.82. The van der Waals surface area contributed by atoms with Crippen LogP contribution >= 0.6 is 0 Å². The molecule has 3 aliphatic heterocycles. The van der Waals surface area contributed by atoms with Gasteiger partial charge in [-0.3, -0.25) is 0 Å². The van der Waals surface area contributed by atoms with E-state index in [0.717, 1.165) is 37.2 Å². The van der Waals surface area contributed by atoms with Crippen LogP contribution in [0.15, 0.2) is 5.16 Å². The molecule has 3 rings (SSSR count). The molecule has 104 valence electrons. The monoisotopic (exact) mass is 366 g/mol. The fourth-order valence-corrected chi connectivity index (χ4v) is 3.92. The molecular weight excluding hydrogens is 343 g/mol. The van der Waals surface area contributed by atoms with E-state index in [4.69, 9.17) is 9.57 Å². The van der Waals surface area contributed by atoms with Crippen molar-refractivity contribution in [2.45, 2.75) is 56.7 Å². The lowest BCUT2D eigenvalue weighted by Crippen LogP contribution is -3.00. The third-order valence-electron chi connectivity index (χ3n) is 5.06. The van der Waals surface area contributed by atoms with Crippen molar-refractivity contribution < 1.29 is 38.0 Å². The van der Waals surface area contributed by atoms with Gasteiger partial charge in [-0.1, -0.05) is 5.16 Å². The number of rotatable bonds is 1. The molecule has 18 heavy (non-hydrogen) atoms. The maximum absolute atomic E-state index is 5.77. The molecule has 4 nitrogen and oxygen atoms in total. The van der Waals surface area contributed by atoms with E-state index in [1.807, 2.05) is 6.92 Å². The highest BCUT2D eigenvalue weighted by Gasteiger charge is 2.58. The molecule has 0 N–H and O–H groups in total. The summed E-state index contributed by atoms with van der Waals surface area (Å²) in [7, 11) is 4.74. The first-order valence-corrected chi connectivity index (χ1v) is 6.77. The predicted octanol–water partition coefficient (Wildman–Crippen LogP) is -1.10. The number of quaternary nitrogens is 1. The first-order valence-electron chi connectivity index (χ1n) is 6.77. The van der Waals surface area contributed by atoms with E-state index in [-0.39, 0.29) is 29.6 Å². The normalized spacial score (nSPS) is 40.1. The number of hydrogen-bond acceptors (Lipinski definition) is 3. The van der Waals surface area contributed by atoms with Crippen molar-refractivity contribution in [1.29, 1.82) is 0 Å². The average Bonchev–Trinajstić information content (AvgIpc) is 2.67. The van der Waals surface area contributed by atoms with E-state index in [0.29, 0.717) is 6.61 Å². The topological polar surface area (TPSA) is 30.8 Å². The van der Waals surface area contributed by atoms with Crippen molar-refractivity contribution in [2.24, 2.45) is 5.16 Å². The molecular formula is C13H23IN2O2. The molecule has 1 unspecified atom stereocenters. The van der Waals surface area contributed by atoms with Crippen LogP contribution in [0.4, 0.5) is 0 Å². The van der Waals surface area contributed by atoms with E-state index in [1.165, 1.54) is 17.3 Å². The van der Waals surface area contributed by atoms with Gasteiger partial charge in [-0.25, -0.2) is 0 Å². The Morgan fingerprint density at radius 2 is 1.94 bits per heavy atom.